The van der Waals surface area contributed by atoms with Gasteiger partial charge in [0.25, 0.3) is 5.91 Å². The van der Waals surface area contributed by atoms with Crippen LogP contribution in [0.5, 0.6) is 5.75 Å². The highest BCUT2D eigenvalue weighted by Crippen LogP contribution is 2.29. The number of carbonyl (C=O) groups excluding carboxylic acids is 3. The lowest BCUT2D eigenvalue weighted by Gasteiger charge is -2.20. The quantitative estimate of drug-likeness (QED) is 0.749. The summed E-state index contributed by atoms with van der Waals surface area (Å²) in [5.41, 5.74) is 0.989. The highest BCUT2D eigenvalue weighted by molar-refractivity contribution is 6.04. The highest BCUT2D eigenvalue weighted by Gasteiger charge is 2.24. The number of rotatable bonds is 5. The monoisotopic (exact) mass is 354 g/mol. The molecule has 0 spiro atoms. The minimum absolute atomic E-state index is 0.0191. The van der Waals surface area contributed by atoms with Crippen LogP contribution in [0.3, 0.4) is 0 Å². The van der Waals surface area contributed by atoms with Crippen molar-refractivity contribution in [3.8, 4) is 5.75 Å². The van der Waals surface area contributed by atoms with E-state index in [1.807, 2.05) is 0 Å². The Hall–Kier alpha value is -3.42. The molecular formula is C18H18N4O4. The lowest BCUT2D eigenvalue weighted by molar-refractivity contribution is -0.117. The molecule has 2 heterocycles. The van der Waals surface area contributed by atoms with Crippen LogP contribution in [-0.2, 0) is 9.59 Å². The van der Waals surface area contributed by atoms with E-state index in [2.05, 4.69) is 15.6 Å². The number of amides is 3. The average Bonchev–Trinajstić information content (AvgIpc) is 3.06. The zero-order chi connectivity index (χ0) is 18.5. The molecule has 1 aromatic heterocycles. The third-order valence-corrected chi connectivity index (χ3v) is 3.95. The molecule has 1 saturated heterocycles. The standard InChI is InChI=1S/C18H18N4O4/c23-14-7-3-9-19-17(14)18(26)20-11-15(24)21-12-5-1-2-6-13(12)22-10-4-8-16(22)25/h1-3,5-7,9,23H,4,8,10-11H2,(H,20,26)(H,21,24). The van der Waals surface area contributed by atoms with Crippen molar-refractivity contribution >= 4 is 29.1 Å². The molecule has 0 unspecified atom stereocenters. The molecule has 8 nitrogen and oxygen atoms in total. The fraction of sp³-hybridized carbons (Fsp3) is 0.222. The number of para-hydroxylation sites is 2. The van der Waals surface area contributed by atoms with Crippen molar-refractivity contribution in [3.63, 3.8) is 0 Å². The van der Waals surface area contributed by atoms with Gasteiger partial charge in [-0.25, -0.2) is 4.98 Å². The topological polar surface area (TPSA) is 112 Å². The summed E-state index contributed by atoms with van der Waals surface area (Å²) in [5, 5.41) is 14.7. The lowest BCUT2D eigenvalue weighted by Crippen LogP contribution is -2.34. The summed E-state index contributed by atoms with van der Waals surface area (Å²) in [6.45, 7) is 0.318. The van der Waals surface area contributed by atoms with Crippen LogP contribution in [0.15, 0.2) is 42.6 Å². The fourth-order valence-electron chi connectivity index (χ4n) is 2.73. The first-order valence-corrected chi connectivity index (χ1v) is 8.17. The second kappa shape index (κ2) is 7.64. The number of hydrogen-bond donors (Lipinski definition) is 3. The Morgan fingerprint density at radius 2 is 2.00 bits per heavy atom. The number of anilines is 2. The van der Waals surface area contributed by atoms with Gasteiger partial charge in [0.1, 0.15) is 5.75 Å². The molecule has 2 aromatic rings. The van der Waals surface area contributed by atoms with Crippen LogP contribution in [-0.4, -0.2) is 40.9 Å². The molecule has 1 fully saturated rings. The molecule has 0 radical (unpaired) electrons. The maximum absolute atomic E-state index is 12.2. The van der Waals surface area contributed by atoms with Crippen molar-refractivity contribution in [2.24, 2.45) is 0 Å². The summed E-state index contributed by atoms with van der Waals surface area (Å²) >= 11 is 0. The van der Waals surface area contributed by atoms with Gasteiger partial charge in [-0.1, -0.05) is 12.1 Å². The average molecular weight is 354 g/mol. The SMILES string of the molecule is O=C(CNC(=O)c1ncccc1O)Nc1ccccc1N1CCCC1=O. The van der Waals surface area contributed by atoms with Gasteiger partial charge in [0.2, 0.25) is 11.8 Å². The van der Waals surface area contributed by atoms with Gasteiger partial charge in [-0.05, 0) is 30.7 Å². The first kappa shape index (κ1) is 17.4. The molecule has 1 aromatic carbocycles. The summed E-state index contributed by atoms with van der Waals surface area (Å²) < 4.78 is 0. The van der Waals surface area contributed by atoms with Crippen LogP contribution in [0, 0.1) is 0 Å². The van der Waals surface area contributed by atoms with Gasteiger partial charge in [0.05, 0.1) is 17.9 Å². The zero-order valence-corrected chi connectivity index (χ0v) is 13.9. The zero-order valence-electron chi connectivity index (χ0n) is 13.9. The van der Waals surface area contributed by atoms with Gasteiger partial charge in [-0.3, -0.25) is 14.4 Å². The van der Waals surface area contributed by atoms with Crippen LogP contribution < -0.4 is 15.5 Å². The molecule has 8 heteroatoms. The Kier molecular flexibility index (Phi) is 5.12. The Morgan fingerprint density at radius 1 is 1.19 bits per heavy atom. The number of pyridine rings is 1. The summed E-state index contributed by atoms with van der Waals surface area (Å²) in [4.78, 5) is 41.5. The van der Waals surface area contributed by atoms with Gasteiger partial charge in [0, 0.05) is 19.2 Å². The lowest BCUT2D eigenvalue weighted by atomic mass is 10.2. The number of hydrogen-bond acceptors (Lipinski definition) is 5. The van der Waals surface area contributed by atoms with Crippen LogP contribution in [0.2, 0.25) is 0 Å². The van der Waals surface area contributed by atoms with E-state index < -0.39 is 11.8 Å². The van der Waals surface area contributed by atoms with E-state index in [1.165, 1.54) is 18.3 Å². The molecule has 3 rings (SSSR count). The molecule has 0 atom stereocenters. The van der Waals surface area contributed by atoms with Crippen molar-refractivity contribution in [1.29, 1.82) is 0 Å². The van der Waals surface area contributed by atoms with Gasteiger partial charge in [-0.2, -0.15) is 0 Å². The van der Waals surface area contributed by atoms with Gasteiger partial charge < -0.3 is 20.6 Å². The molecule has 3 amide bonds. The van der Waals surface area contributed by atoms with E-state index in [-0.39, 0.29) is 23.9 Å². The van der Waals surface area contributed by atoms with E-state index >= 15 is 0 Å². The Labute approximate surface area is 149 Å². The van der Waals surface area contributed by atoms with E-state index in [9.17, 15) is 19.5 Å². The minimum Gasteiger partial charge on any atom is -0.505 e. The maximum Gasteiger partial charge on any atom is 0.274 e. The van der Waals surface area contributed by atoms with E-state index in [0.29, 0.717) is 24.3 Å². The molecule has 26 heavy (non-hydrogen) atoms. The summed E-state index contributed by atoms with van der Waals surface area (Å²) in [6.07, 6.45) is 2.65. The second-order valence-electron chi connectivity index (χ2n) is 5.77. The third kappa shape index (κ3) is 3.80. The summed E-state index contributed by atoms with van der Waals surface area (Å²) in [7, 11) is 0. The number of nitrogens with one attached hydrogen (secondary N) is 2. The van der Waals surface area contributed by atoms with E-state index in [0.717, 1.165) is 6.42 Å². The number of benzene rings is 1. The largest absolute Gasteiger partial charge is 0.505 e. The van der Waals surface area contributed by atoms with E-state index in [1.54, 1.807) is 29.2 Å². The predicted molar refractivity (Wildman–Crippen MR) is 94.9 cm³/mol. The first-order chi connectivity index (χ1) is 12.6. The van der Waals surface area contributed by atoms with Crippen LogP contribution in [0.25, 0.3) is 0 Å². The molecule has 1 aliphatic heterocycles. The van der Waals surface area contributed by atoms with Crippen molar-refractivity contribution in [3.05, 3.63) is 48.3 Å². The predicted octanol–water partition coefficient (Wildman–Crippen LogP) is 1.28. The third-order valence-electron chi connectivity index (χ3n) is 3.95. The van der Waals surface area contributed by atoms with Crippen LogP contribution in [0.1, 0.15) is 23.3 Å². The molecule has 3 N–H and O–H groups in total. The van der Waals surface area contributed by atoms with Crippen LogP contribution in [0.4, 0.5) is 11.4 Å². The highest BCUT2D eigenvalue weighted by atomic mass is 16.3. The molecular weight excluding hydrogens is 336 g/mol. The van der Waals surface area contributed by atoms with Crippen molar-refractivity contribution in [2.75, 3.05) is 23.3 Å². The number of aromatic nitrogens is 1. The number of carbonyl (C=O) groups is 3. The van der Waals surface area contributed by atoms with Crippen molar-refractivity contribution in [1.82, 2.24) is 10.3 Å². The molecule has 134 valence electrons. The Bertz CT molecular complexity index is 853. The Morgan fingerprint density at radius 3 is 2.73 bits per heavy atom. The maximum atomic E-state index is 12.2. The van der Waals surface area contributed by atoms with Gasteiger partial charge in [0.15, 0.2) is 5.69 Å². The molecule has 1 aliphatic rings. The normalized spacial score (nSPS) is 13.5. The number of aromatic hydroxyl groups is 1. The first-order valence-electron chi connectivity index (χ1n) is 8.17. The summed E-state index contributed by atoms with van der Waals surface area (Å²) in [5.74, 6) is -1.34. The minimum atomic E-state index is -0.652. The van der Waals surface area contributed by atoms with Crippen LogP contribution >= 0.6 is 0 Å². The van der Waals surface area contributed by atoms with Gasteiger partial charge in [-0.15, -0.1) is 0 Å². The fourth-order valence-corrected chi connectivity index (χ4v) is 2.73. The second-order valence-corrected chi connectivity index (χ2v) is 5.77. The van der Waals surface area contributed by atoms with E-state index in [4.69, 9.17) is 0 Å². The molecule has 0 saturated carbocycles. The smallest absolute Gasteiger partial charge is 0.274 e. The summed E-state index contributed by atoms with van der Waals surface area (Å²) in [6, 6.07) is 9.85. The molecule has 0 bridgehead atoms. The van der Waals surface area contributed by atoms with Crippen molar-refractivity contribution < 1.29 is 19.5 Å². The number of nitrogens with zero attached hydrogens (tertiary/aromatic N) is 2. The van der Waals surface area contributed by atoms with Gasteiger partial charge >= 0.3 is 0 Å². The molecule has 0 aliphatic carbocycles. The Balaban J connectivity index is 1.63. The van der Waals surface area contributed by atoms with Crippen molar-refractivity contribution in [2.45, 2.75) is 12.8 Å².